The topological polar surface area (TPSA) is 118 Å². The number of hydrogen-bond acceptors (Lipinski definition) is 8. The molecule has 1 atom stereocenters. The molecule has 0 bridgehead atoms. The van der Waals surface area contributed by atoms with E-state index in [0.717, 1.165) is 22.6 Å². The van der Waals surface area contributed by atoms with E-state index in [1.807, 2.05) is 0 Å². The molecule has 188 valence electrons. The number of tetrazole rings is 1. The molecule has 0 radical (unpaired) electrons. The lowest BCUT2D eigenvalue weighted by Crippen LogP contribution is -2.36. The number of ether oxygens (including phenoxy) is 1. The van der Waals surface area contributed by atoms with Gasteiger partial charge in [-0.15, -0.1) is 10.2 Å². The van der Waals surface area contributed by atoms with Gasteiger partial charge < -0.3 is 15.0 Å². The molecule has 1 aromatic carbocycles. The molecule has 0 spiro atoms. The lowest BCUT2D eigenvalue weighted by Gasteiger charge is -2.33. The minimum absolute atomic E-state index is 0.0466. The lowest BCUT2D eigenvalue weighted by molar-refractivity contribution is -0.119. The number of nitrogens with zero attached hydrogens (tertiary/aromatic N) is 7. The molecule has 0 unspecified atom stereocenters. The summed E-state index contributed by atoms with van der Waals surface area (Å²) < 4.78 is 35.3. The van der Waals surface area contributed by atoms with Gasteiger partial charge in [0.05, 0.1) is 24.8 Å². The fourth-order valence-corrected chi connectivity index (χ4v) is 4.42. The molecule has 0 saturated carbocycles. The molecular formula is C23H24F2N8O3. The van der Waals surface area contributed by atoms with E-state index in [4.69, 9.17) is 4.74 Å². The first-order valence-corrected chi connectivity index (χ1v) is 11.6. The van der Waals surface area contributed by atoms with Gasteiger partial charge in [0.2, 0.25) is 11.7 Å². The van der Waals surface area contributed by atoms with Crippen LogP contribution >= 0.6 is 0 Å². The fourth-order valence-electron chi connectivity index (χ4n) is 4.42. The molecule has 36 heavy (non-hydrogen) atoms. The number of aromatic nitrogens is 5. The quantitative estimate of drug-likeness (QED) is 0.550. The zero-order valence-electron chi connectivity index (χ0n) is 19.5. The lowest BCUT2D eigenvalue weighted by atomic mass is 10.0. The van der Waals surface area contributed by atoms with Crippen molar-refractivity contribution in [3.05, 3.63) is 48.3 Å². The molecule has 2 aromatic heterocycles. The Kier molecular flexibility index (Phi) is 6.44. The summed E-state index contributed by atoms with van der Waals surface area (Å²) in [7, 11) is 0. The summed E-state index contributed by atoms with van der Waals surface area (Å²) >= 11 is 0. The summed E-state index contributed by atoms with van der Waals surface area (Å²) in [6.07, 6.45) is 3.14. The van der Waals surface area contributed by atoms with Crippen LogP contribution in [-0.4, -0.2) is 69.5 Å². The normalized spacial score (nSPS) is 18.4. The van der Waals surface area contributed by atoms with Crippen molar-refractivity contribution in [2.75, 3.05) is 36.0 Å². The Bertz CT molecular complexity index is 1240. The van der Waals surface area contributed by atoms with Crippen LogP contribution in [0.5, 0.6) is 0 Å². The van der Waals surface area contributed by atoms with Crippen LogP contribution in [0.4, 0.5) is 25.0 Å². The number of rotatable bonds is 6. The van der Waals surface area contributed by atoms with Crippen molar-refractivity contribution in [1.29, 1.82) is 0 Å². The maximum absolute atomic E-state index is 15.1. The smallest absolute Gasteiger partial charge is 0.414 e. The van der Waals surface area contributed by atoms with E-state index < -0.39 is 23.8 Å². The highest BCUT2D eigenvalue weighted by Gasteiger charge is 2.34. The molecule has 2 amide bonds. The summed E-state index contributed by atoms with van der Waals surface area (Å²) in [6.45, 7) is 2.35. The van der Waals surface area contributed by atoms with Gasteiger partial charge in [-0.3, -0.25) is 14.7 Å². The Balaban J connectivity index is 1.24. The Morgan fingerprint density at radius 1 is 1.17 bits per heavy atom. The first-order chi connectivity index (χ1) is 17.4. The summed E-state index contributed by atoms with van der Waals surface area (Å²) in [5.74, 6) is -1.29. The minimum atomic E-state index is -0.764. The predicted molar refractivity (Wildman–Crippen MR) is 124 cm³/mol. The van der Waals surface area contributed by atoms with E-state index >= 15 is 8.78 Å². The molecule has 11 nitrogen and oxygen atoms in total. The van der Waals surface area contributed by atoms with Crippen LogP contribution in [0.25, 0.3) is 11.4 Å². The summed E-state index contributed by atoms with van der Waals surface area (Å²) in [5, 5.41) is 15.3. The highest BCUT2D eigenvalue weighted by molar-refractivity contribution is 5.90. The second-order valence-electron chi connectivity index (χ2n) is 8.70. The largest absolute Gasteiger partial charge is 0.442 e. The van der Waals surface area contributed by atoms with Crippen LogP contribution in [0.3, 0.4) is 0 Å². The van der Waals surface area contributed by atoms with Crippen molar-refractivity contribution < 1.29 is 23.1 Å². The van der Waals surface area contributed by atoms with E-state index in [2.05, 4.69) is 25.7 Å². The maximum Gasteiger partial charge on any atom is 0.414 e. The third-order valence-corrected chi connectivity index (χ3v) is 6.24. The SMILES string of the molecule is CC(=O)NC[C@H]1CN(c2cc(F)c(N3CCC(n4nnc(-c5ccncc5)n4)CC3)c(F)c2)C(=O)O1. The number of cyclic esters (lactones) is 1. The van der Waals surface area contributed by atoms with Crippen LogP contribution < -0.4 is 15.1 Å². The zero-order chi connectivity index (χ0) is 25.2. The third-order valence-electron chi connectivity index (χ3n) is 6.24. The Morgan fingerprint density at radius 3 is 2.53 bits per heavy atom. The predicted octanol–water partition coefficient (Wildman–Crippen LogP) is 2.32. The van der Waals surface area contributed by atoms with Gasteiger partial charge in [0, 0.05) is 50.1 Å². The van der Waals surface area contributed by atoms with Crippen LogP contribution in [0.2, 0.25) is 0 Å². The summed E-state index contributed by atoms with van der Waals surface area (Å²) in [4.78, 5) is 31.6. The van der Waals surface area contributed by atoms with Crippen molar-refractivity contribution in [2.45, 2.75) is 31.9 Å². The number of anilines is 2. The molecule has 2 saturated heterocycles. The number of amides is 2. The van der Waals surface area contributed by atoms with E-state index in [1.54, 1.807) is 34.2 Å². The van der Waals surface area contributed by atoms with Gasteiger partial charge >= 0.3 is 6.09 Å². The first kappa shape index (κ1) is 23.6. The van der Waals surface area contributed by atoms with Crippen molar-refractivity contribution in [1.82, 2.24) is 30.5 Å². The summed E-state index contributed by atoms with van der Waals surface area (Å²) in [6, 6.07) is 5.81. The Labute approximate surface area is 205 Å². The van der Waals surface area contributed by atoms with E-state index in [9.17, 15) is 9.59 Å². The number of nitrogens with one attached hydrogen (secondary N) is 1. The van der Waals surface area contributed by atoms with Crippen LogP contribution in [0.15, 0.2) is 36.7 Å². The number of pyridine rings is 1. The van der Waals surface area contributed by atoms with Gasteiger partial charge in [-0.1, -0.05) is 0 Å². The molecule has 4 heterocycles. The molecule has 2 fully saturated rings. The van der Waals surface area contributed by atoms with Gasteiger partial charge in [-0.2, -0.15) is 4.80 Å². The van der Waals surface area contributed by atoms with Crippen LogP contribution in [0, 0.1) is 11.6 Å². The van der Waals surface area contributed by atoms with Crippen molar-refractivity contribution in [3.8, 4) is 11.4 Å². The van der Waals surface area contributed by atoms with Gasteiger partial charge in [0.15, 0.2) is 11.6 Å². The first-order valence-electron chi connectivity index (χ1n) is 11.6. The highest BCUT2D eigenvalue weighted by atomic mass is 19.1. The molecule has 5 rings (SSSR count). The number of piperidine rings is 1. The number of benzene rings is 1. The monoisotopic (exact) mass is 498 g/mol. The second-order valence-corrected chi connectivity index (χ2v) is 8.70. The standard InChI is InChI=1S/C23H24F2N8O3/c1-14(34)27-12-18-13-32(23(35)36-18)17-10-19(24)21(20(25)11-17)31-8-4-16(5-9-31)33-29-22(28-30-33)15-2-6-26-7-3-15/h2-3,6-7,10-11,16,18H,4-5,8-9,12-13H2,1H3,(H,27,34)/t18-/m0/s1. The average Bonchev–Trinajstić information content (AvgIpc) is 3.50. The molecule has 2 aliphatic heterocycles. The molecule has 13 heteroatoms. The van der Waals surface area contributed by atoms with E-state index in [-0.39, 0.29) is 36.4 Å². The minimum Gasteiger partial charge on any atom is -0.442 e. The van der Waals surface area contributed by atoms with Gasteiger partial charge in [0.25, 0.3) is 0 Å². The number of carbonyl (C=O) groups excluding carboxylic acids is 2. The third kappa shape index (κ3) is 4.81. The Hall–Kier alpha value is -4.16. The number of carbonyl (C=O) groups is 2. The zero-order valence-corrected chi connectivity index (χ0v) is 19.5. The molecule has 3 aromatic rings. The highest BCUT2D eigenvalue weighted by Crippen LogP contribution is 2.34. The Morgan fingerprint density at radius 2 is 1.86 bits per heavy atom. The molecular weight excluding hydrogens is 474 g/mol. The maximum atomic E-state index is 15.1. The van der Waals surface area contributed by atoms with Crippen molar-refractivity contribution in [3.63, 3.8) is 0 Å². The van der Waals surface area contributed by atoms with Crippen molar-refractivity contribution >= 4 is 23.4 Å². The van der Waals surface area contributed by atoms with Crippen molar-refractivity contribution in [2.24, 2.45) is 0 Å². The van der Waals surface area contributed by atoms with Gasteiger partial charge in [0.1, 0.15) is 11.8 Å². The van der Waals surface area contributed by atoms with Gasteiger partial charge in [-0.25, -0.2) is 13.6 Å². The van der Waals surface area contributed by atoms with E-state index in [1.165, 1.54) is 6.92 Å². The molecule has 2 aliphatic rings. The summed E-state index contributed by atoms with van der Waals surface area (Å²) in [5.41, 5.74) is 0.735. The average molecular weight is 498 g/mol. The van der Waals surface area contributed by atoms with Gasteiger partial charge in [-0.05, 0) is 30.2 Å². The van der Waals surface area contributed by atoms with Crippen LogP contribution in [-0.2, 0) is 9.53 Å². The molecule has 0 aliphatic carbocycles. The fraction of sp³-hybridized carbons (Fsp3) is 0.391. The second kappa shape index (κ2) is 9.84. The van der Waals surface area contributed by atoms with E-state index in [0.29, 0.717) is 31.8 Å². The van der Waals surface area contributed by atoms with Crippen LogP contribution in [0.1, 0.15) is 25.8 Å². The number of hydrogen-bond donors (Lipinski definition) is 1. The molecule has 1 N–H and O–H groups in total. The number of halogens is 2.